The third-order valence-corrected chi connectivity index (χ3v) is 3.26. The predicted molar refractivity (Wildman–Crippen MR) is 75.5 cm³/mol. The molecule has 0 saturated heterocycles. The fraction of sp³-hybridized carbons (Fsp3) is 0.385. The highest BCUT2D eigenvalue weighted by atomic mass is 16.6. The van der Waals surface area contributed by atoms with Crippen LogP contribution in [-0.4, -0.2) is 34.5 Å². The number of nitro benzene ring substituents is 1. The summed E-state index contributed by atoms with van der Waals surface area (Å²) in [7, 11) is 0. The van der Waals surface area contributed by atoms with Crippen LogP contribution in [0.1, 0.15) is 19.4 Å². The van der Waals surface area contributed by atoms with Gasteiger partial charge in [0.1, 0.15) is 12.2 Å². The van der Waals surface area contributed by atoms with E-state index in [1.54, 1.807) is 13.8 Å². The first-order valence-corrected chi connectivity index (χ1v) is 6.39. The second-order valence-electron chi connectivity index (χ2n) is 5.10. The molecule has 2 N–H and O–H groups in total. The summed E-state index contributed by atoms with van der Waals surface area (Å²) >= 11 is 0. The Hall–Kier alpha value is -2.64. The third kappa shape index (κ3) is 2.93. The fourth-order valence-corrected chi connectivity index (χ4v) is 2.32. The number of anilines is 2. The fourth-order valence-electron chi connectivity index (χ4n) is 2.32. The van der Waals surface area contributed by atoms with E-state index in [-0.39, 0.29) is 36.3 Å². The van der Waals surface area contributed by atoms with E-state index in [1.165, 1.54) is 17.0 Å². The van der Waals surface area contributed by atoms with Crippen molar-refractivity contribution < 1.29 is 19.6 Å². The van der Waals surface area contributed by atoms with Crippen LogP contribution in [0.5, 0.6) is 0 Å². The van der Waals surface area contributed by atoms with E-state index >= 15 is 0 Å². The molecule has 0 aliphatic carbocycles. The number of carboxylic acid groups (broad SMARTS) is 1. The molecule has 8 nitrogen and oxygen atoms in total. The van der Waals surface area contributed by atoms with E-state index in [0.717, 1.165) is 0 Å². The molecular formula is C13H15N3O5. The van der Waals surface area contributed by atoms with Gasteiger partial charge in [-0.15, -0.1) is 0 Å². The second kappa shape index (κ2) is 5.39. The standard InChI is InChI=1S/C13H15N3O5/c1-7(2)15(6-13(18)19)10-5-9-8(4-12(17)14-9)3-11(10)16(20)21/h3,5,7H,4,6H2,1-2H3,(H,14,17)(H,18,19). The minimum Gasteiger partial charge on any atom is -0.480 e. The minimum atomic E-state index is -1.08. The highest BCUT2D eigenvalue weighted by molar-refractivity contribution is 6.00. The van der Waals surface area contributed by atoms with Crippen molar-refractivity contribution in [2.45, 2.75) is 26.3 Å². The molecule has 0 unspecified atom stereocenters. The maximum Gasteiger partial charge on any atom is 0.323 e. The maximum absolute atomic E-state index is 11.4. The van der Waals surface area contributed by atoms with Crippen LogP contribution in [0.3, 0.4) is 0 Å². The number of amides is 1. The summed E-state index contributed by atoms with van der Waals surface area (Å²) in [5, 5.41) is 22.8. The lowest BCUT2D eigenvalue weighted by atomic mass is 10.1. The molecule has 2 rings (SSSR count). The number of carbonyl (C=O) groups is 2. The van der Waals surface area contributed by atoms with Gasteiger partial charge in [0.15, 0.2) is 0 Å². The van der Waals surface area contributed by atoms with Crippen LogP contribution in [-0.2, 0) is 16.0 Å². The lowest BCUT2D eigenvalue weighted by molar-refractivity contribution is -0.384. The number of aliphatic carboxylic acids is 1. The van der Waals surface area contributed by atoms with Crippen molar-refractivity contribution in [3.05, 3.63) is 27.8 Å². The Labute approximate surface area is 120 Å². The number of fused-ring (bicyclic) bond motifs is 1. The highest BCUT2D eigenvalue weighted by Crippen LogP contribution is 2.37. The van der Waals surface area contributed by atoms with Crippen LogP contribution in [0.4, 0.5) is 17.1 Å². The summed E-state index contributed by atoms with van der Waals surface area (Å²) in [6.45, 7) is 3.14. The molecule has 0 saturated carbocycles. The molecule has 1 aliphatic rings. The number of nitro groups is 1. The van der Waals surface area contributed by atoms with E-state index in [0.29, 0.717) is 11.3 Å². The Morgan fingerprint density at radius 1 is 1.52 bits per heavy atom. The van der Waals surface area contributed by atoms with Gasteiger partial charge in [0.05, 0.1) is 11.3 Å². The third-order valence-electron chi connectivity index (χ3n) is 3.26. The second-order valence-corrected chi connectivity index (χ2v) is 5.10. The summed E-state index contributed by atoms with van der Waals surface area (Å²) in [5.74, 6) is -1.31. The van der Waals surface area contributed by atoms with E-state index in [4.69, 9.17) is 5.11 Å². The molecule has 0 fully saturated rings. The van der Waals surface area contributed by atoms with Gasteiger partial charge in [-0.05, 0) is 25.5 Å². The molecule has 0 bridgehead atoms. The molecule has 1 aliphatic heterocycles. The molecule has 0 radical (unpaired) electrons. The summed E-state index contributed by atoms with van der Waals surface area (Å²) < 4.78 is 0. The number of nitrogens with one attached hydrogen (secondary N) is 1. The van der Waals surface area contributed by atoms with Crippen molar-refractivity contribution in [3.8, 4) is 0 Å². The summed E-state index contributed by atoms with van der Waals surface area (Å²) in [4.78, 5) is 34.5. The van der Waals surface area contributed by atoms with Crippen LogP contribution in [0.25, 0.3) is 0 Å². The summed E-state index contributed by atoms with van der Waals surface area (Å²) in [6, 6.07) is 2.57. The van der Waals surface area contributed by atoms with E-state index < -0.39 is 10.9 Å². The Kier molecular flexibility index (Phi) is 3.79. The zero-order chi connectivity index (χ0) is 15.7. The van der Waals surface area contributed by atoms with Crippen molar-refractivity contribution in [2.24, 2.45) is 0 Å². The Bertz CT molecular complexity index is 626. The van der Waals surface area contributed by atoms with Gasteiger partial charge in [-0.2, -0.15) is 0 Å². The zero-order valence-electron chi connectivity index (χ0n) is 11.6. The van der Waals surface area contributed by atoms with Crippen molar-refractivity contribution in [1.82, 2.24) is 0 Å². The Morgan fingerprint density at radius 3 is 2.71 bits per heavy atom. The number of benzene rings is 1. The first-order chi connectivity index (χ1) is 9.79. The number of nitrogens with zero attached hydrogens (tertiary/aromatic N) is 2. The summed E-state index contributed by atoms with van der Waals surface area (Å²) in [6.07, 6.45) is 0.0943. The monoisotopic (exact) mass is 293 g/mol. The first-order valence-electron chi connectivity index (χ1n) is 6.39. The largest absolute Gasteiger partial charge is 0.480 e. The van der Waals surface area contributed by atoms with Gasteiger partial charge in [0, 0.05) is 17.8 Å². The average Bonchev–Trinajstić information content (AvgIpc) is 2.72. The highest BCUT2D eigenvalue weighted by Gasteiger charge is 2.28. The van der Waals surface area contributed by atoms with Crippen LogP contribution in [0.15, 0.2) is 12.1 Å². The SMILES string of the molecule is CC(C)N(CC(=O)O)c1cc2c(cc1[N+](=O)[O-])CC(=O)N2. The van der Waals surface area contributed by atoms with Crippen LogP contribution in [0, 0.1) is 10.1 Å². The molecule has 1 aromatic carbocycles. The van der Waals surface area contributed by atoms with Crippen molar-refractivity contribution in [3.63, 3.8) is 0 Å². The first kappa shape index (κ1) is 14.8. The van der Waals surface area contributed by atoms with E-state index in [1.807, 2.05) is 0 Å². The van der Waals surface area contributed by atoms with Crippen molar-refractivity contribution in [1.29, 1.82) is 0 Å². The quantitative estimate of drug-likeness (QED) is 0.626. The van der Waals surface area contributed by atoms with Gasteiger partial charge in [-0.25, -0.2) is 0 Å². The van der Waals surface area contributed by atoms with Gasteiger partial charge >= 0.3 is 5.97 Å². The van der Waals surface area contributed by atoms with Gasteiger partial charge in [-0.1, -0.05) is 0 Å². The lowest BCUT2D eigenvalue weighted by Gasteiger charge is -2.27. The smallest absolute Gasteiger partial charge is 0.323 e. The Balaban J connectivity index is 2.55. The number of carboxylic acids is 1. The molecule has 21 heavy (non-hydrogen) atoms. The number of hydrogen-bond donors (Lipinski definition) is 2. The summed E-state index contributed by atoms with van der Waals surface area (Å²) in [5.41, 5.74) is 1.05. The maximum atomic E-state index is 11.4. The lowest BCUT2D eigenvalue weighted by Crippen LogP contribution is -2.36. The van der Waals surface area contributed by atoms with Gasteiger partial charge in [0.25, 0.3) is 5.69 Å². The molecule has 1 aromatic rings. The van der Waals surface area contributed by atoms with Gasteiger partial charge < -0.3 is 15.3 Å². The van der Waals surface area contributed by atoms with Gasteiger partial charge in [0.2, 0.25) is 5.91 Å². The molecule has 0 atom stereocenters. The molecule has 0 spiro atoms. The molecule has 8 heteroatoms. The Morgan fingerprint density at radius 2 is 2.19 bits per heavy atom. The number of hydrogen-bond acceptors (Lipinski definition) is 5. The van der Waals surface area contributed by atoms with E-state index in [9.17, 15) is 19.7 Å². The molecule has 1 amide bonds. The predicted octanol–water partition coefficient (Wildman–Crippen LogP) is 1.39. The van der Waals surface area contributed by atoms with Crippen molar-refractivity contribution >= 4 is 28.9 Å². The van der Waals surface area contributed by atoms with Crippen LogP contribution < -0.4 is 10.2 Å². The van der Waals surface area contributed by atoms with Gasteiger partial charge in [-0.3, -0.25) is 19.7 Å². The van der Waals surface area contributed by atoms with Crippen LogP contribution >= 0.6 is 0 Å². The molecular weight excluding hydrogens is 278 g/mol. The topological polar surface area (TPSA) is 113 Å². The minimum absolute atomic E-state index is 0.0943. The van der Waals surface area contributed by atoms with Crippen LogP contribution in [0.2, 0.25) is 0 Å². The van der Waals surface area contributed by atoms with Crippen molar-refractivity contribution in [2.75, 3.05) is 16.8 Å². The number of carbonyl (C=O) groups excluding carboxylic acids is 1. The average molecular weight is 293 g/mol. The molecule has 1 heterocycles. The van der Waals surface area contributed by atoms with E-state index in [2.05, 4.69) is 5.32 Å². The zero-order valence-corrected chi connectivity index (χ0v) is 11.6. The number of rotatable bonds is 5. The normalized spacial score (nSPS) is 13.0. The molecule has 0 aromatic heterocycles. The molecule has 112 valence electrons.